The van der Waals surface area contributed by atoms with Gasteiger partial charge in [-0.2, -0.15) is 0 Å². The Morgan fingerprint density at radius 1 is 0.795 bits per heavy atom. The predicted molar refractivity (Wildman–Crippen MR) is 150 cm³/mol. The zero-order valence-electron chi connectivity index (χ0n) is 21.9. The molecule has 0 N–H and O–H groups in total. The Morgan fingerprint density at radius 3 is 2.26 bits per heavy atom. The monoisotopic (exact) mass is 517 g/mol. The topological polar surface area (TPSA) is 69.0 Å². The van der Waals surface area contributed by atoms with Crippen LogP contribution >= 0.6 is 0 Å². The molecule has 0 bridgehead atoms. The molecule has 1 aliphatic rings. The van der Waals surface area contributed by atoms with Crippen molar-refractivity contribution in [1.29, 1.82) is 0 Å². The molecule has 39 heavy (non-hydrogen) atoms. The van der Waals surface area contributed by atoms with E-state index in [0.717, 1.165) is 28.0 Å². The van der Waals surface area contributed by atoms with Crippen LogP contribution < -0.4 is 14.9 Å². The lowest BCUT2D eigenvalue weighted by atomic mass is 9.97. The maximum Gasteiger partial charge on any atom is 0.291 e. The molecule has 0 spiro atoms. The predicted octanol–water partition coefficient (Wildman–Crippen LogP) is 6.96. The average Bonchev–Trinajstić information content (AvgIpc) is 3.22. The Bertz CT molecular complexity index is 1760. The lowest BCUT2D eigenvalue weighted by molar-refractivity contribution is 0.0714. The Labute approximate surface area is 226 Å². The van der Waals surface area contributed by atoms with Gasteiger partial charge in [0, 0.05) is 6.54 Å². The molecule has 0 saturated carbocycles. The molecule has 0 radical (unpaired) electrons. The standard InChI is InChI=1S/C33H27NO5/c1-20-16-27-28(17-21(20)2)39-32-29(31(27)35)30(34(33(32)36)19-22-12-14-24(37-3)15-13-22)23-8-7-11-26(18-23)38-25-9-5-4-6-10-25/h4-18,30H,19H2,1-3H3. The minimum Gasteiger partial charge on any atom is -0.497 e. The summed E-state index contributed by atoms with van der Waals surface area (Å²) in [6.45, 7) is 4.21. The van der Waals surface area contributed by atoms with E-state index in [9.17, 15) is 9.59 Å². The number of hydrogen-bond acceptors (Lipinski definition) is 5. The number of carbonyl (C=O) groups excluding carboxylic acids is 1. The van der Waals surface area contributed by atoms with E-state index in [2.05, 4.69) is 0 Å². The number of amides is 1. The van der Waals surface area contributed by atoms with E-state index in [1.54, 1.807) is 12.0 Å². The number of fused-ring (bicyclic) bond motifs is 2. The fraction of sp³-hybridized carbons (Fsp3) is 0.152. The van der Waals surface area contributed by atoms with Crippen LogP contribution in [0.15, 0.2) is 100 Å². The summed E-state index contributed by atoms with van der Waals surface area (Å²) in [5.74, 6) is 1.80. The molecule has 4 aromatic carbocycles. The normalized spacial score (nSPS) is 14.5. The fourth-order valence-electron chi connectivity index (χ4n) is 5.09. The van der Waals surface area contributed by atoms with Crippen molar-refractivity contribution in [3.8, 4) is 17.2 Å². The van der Waals surface area contributed by atoms with E-state index in [4.69, 9.17) is 13.9 Å². The number of para-hydroxylation sites is 1. The van der Waals surface area contributed by atoms with Crippen molar-refractivity contribution < 1.29 is 18.7 Å². The van der Waals surface area contributed by atoms with E-state index in [1.807, 2.05) is 105 Å². The van der Waals surface area contributed by atoms with Gasteiger partial charge in [-0.1, -0.05) is 42.5 Å². The van der Waals surface area contributed by atoms with Gasteiger partial charge in [0.05, 0.1) is 24.1 Å². The molecular weight excluding hydrogens is 490 g/mol. The zero-order chi connectivity index (χ0) is 27.1. The van der Waals surface area contributed by atoms with Crippen LogP contribution in [0.5, 0.6) is 17.2 Å². The van der Waals surface area contributed by atoms with Crippen LogP contribution in [0.2, 0.25) is 0 Å². The molecule has 1 atom stereocenters. The van der Waals surface area contributed by atoms with Crippen LogP contribution in [0.3, 0.4) is 0 Å². The first kappa shape index (κ1) is 24.5. The number of nitrogens with zero attached hydrogens (tertiary/aromatic N) is 1. The van der Waals surface area contributed by atoms with E-state index in [0.29, 0.717) is 28.0 Å². The highest BCUT2D eigenvalue weighted by Gasteiger charge is 2.43. The van der Waals surface area contributed by atoms with Gasteiger partial charge in [-0.3, -0.25) is 9.59 Å². The van der Waals surface area contributed by atoms with Gasteiger partial charge in [-0.15, -0.1) is 0 Å². The average molecular weight is 518 g/mol. The van der Waals surface area contributed by atoms with Crippen LogP contribution in [0.25, 0.3) is 11.0 Å². The highest BCUT2D eigenvalue weighted by atomic mass is 16.5. The van der Waals surface area contributed by atoms with Crippen LogP contribution in [0.4, 0.5) is 0 Å². The first-order valence-electron chi connectivity index (χ1n) is 12.8. The van der Waals surface area contributed by atoms with Gasteiger partial charge in [0.1, 0.15) is 22.8 Å². The van der Waals surface area contributed by atoms with Gasteiger partial charge in [0.2, 0.25) is 5.76 Å². The molecule has 1 aromatic heterocycles. The molecule has 1 unspecified atom stereocenters. The van der Waals surface area contributed by atoms with Crippen molar-refractivity contribution in [3.05, 3.63) is 135 Å². The zero-order valence-corrected chi connectivity index (χ0v) is 21.9. The highest BCUT2D eigenvalue weighted by molar-refractivity contribution is 5.99. The second kappa shape index (κ2) is 9.80. The Morgan fingerprint density at radius 2 is 1.51 bits per heavy atom. The smallest absolute Gasteiger partial charge is 0.291 e. The molecule has 1 amide bonds. The van der Waals surface area contributed by atoms with Crippen LogP contribution in [-0.2, 0) is 6.54 Å². The van der Waals surface area contributed by atoms with Crippen LogP contribution in [-0.4, -0.2) is 17.9 Å². The SMILES string of the molecule is COc1ccc(CN2C(=O)c3oc4cc(C)c(C)cc4c(=O)c3C2c2cccc(Oc3ccccc3)c2)cc1. The fourth-order valence-corrected chi connectivity index (χ4v) is 5.09. The van der Waals surface area contributed by atoms with Crippen LogP contribution in [0.1, 0.15) is 44.4 Å². The third-order valence-corrected chi connectivity index (χ3v) is 7.25. The first-order chi connectivity index (χ1) is 18.9. The summed E-state index contributed by atoms with van der Waals surface area (Å²) >= 11 is 0. The number of carbonyl (C=O) groups is 1. The van der Waals surface area contributed by atoms with Crippen molar-refractivity contribution in [1.82, 2.24) is 4.90 Å². The van der Waals surface area contributed by atoms with Gasteiger partial charge >= 0.3 is 0 Å². The molecule has 2 heterocycles. The van der Waals surface area contributed by atoms with E-state index >= 15 is 0 Å². The molecule has 6 rings (SSSR count). The molecule has 5 aromatic rings. The molecule has 194 valence electrons. The molecule has 0 aliphatic carbocycles. The number of rotatable bonds is 6. The number of aryl methyl sites for hydroxylation is 2. The molecule has 6 heteroatoms. The van der Waals surface area contributed by atoms with Gasteiger partial charge in [-0.05, 0) is 84.6 Å². The minimum atomic E-state index is -0.642. The summed E-state index contributed by atoms with van der Waals surface area (Å²) in [5, 5.41) is 0.470. The summed E-state index contributed by atoms with van der Waals surface area (Å²) < 4.78 is 17.5. The second-order valence-electron chi connectivity index (χ2n) is 9.78. The third kappa shape index (κ3) is 4.44. The summed E-state index contributed by atoms with van der Waals surface area (Å²) in [6.07, 6.45) is 0. The minimum absolute atomic E-state index is 0.0867. The first-order valence-corrected chi connectivity index (χ1v) is 12.8. The molecule has 6 nitrogen and oxygen atoms in total. The highest BCUT2D eigenvalue weighted by Crippen LogP contribution is 2.40. The van der Waals surface area contributed by atoms with Gasteiger partial charge in [-0.25, -0.2) is 0 Å². The molecule has 0 saturated heterocycles. The Kier molecular flexibility index (Phi) is 6.15. The largest absolute Gasteiger partial charge is 0.497 e. The lowest BCUT2D eigenvalue weighted by Crippen LogP contribution is -2.29. The summed E-state index contributed by atoms with van der Waals surface area (Å²) in [7, 11) is 1.61. The van der Waals surface area contributed by atoms with Crippen molar-refractivity contribution in [3.63, 3.8) is 0 Å². The number of ether oxygens (including phenoxy) is 2. The van der Waals surface area contributed by atoms with Gasteiger partial charge < -0.3 is 18.8 Å². The maximum absolute atomic E-state index is 14.0. The van der Waals surface area contributed by atoms with Crippen molar-refractivity contribution >= 4 is 16.9 Å². The van der Waals surface area contributed by atoms with E-state index in [-0.39, 0.29) is 23.6 Å². The molecular formula is C33H27NO5. The van der Waals surface area contributed by atoms with Gasteiger partial charge in [0.15, 0.2) is 5.43 Å². The van der Waals surface area contributed by atoms with E-state index < -0.39 is 6.04 Å². The summed E-state index contributed by atoms with van der Waals surface area (Å²) in [5.41, 5.74) is 4.22. The summed E-state index contributed by atoms with van der Waals surface area (Å²) in [6, 6.07) is 27.6. The summed E-state index contributed by atoms with van der Waals surface area (Å²) in [4.78, 5) is 29.5. The maximum atomic E-state index is 14.0. The number of benzene rings is 4. The van der Waals surface area contributed by atoms with Crippen LogP contribution in [0, 0.1) is 13.8 Å². The molecule has 1 aliphatic heterocycles. The Balaban J connectivity index is 1.50. The van der Waals surface area contributed by atoms with Gasteiger partial charge in [0.25, 0.3) is 5.91 Å². The van der Waals surface area contributed by atoms with Crippen molar-refractivity contribution in [2.75, 3.05) is 7.11 Å². The van der Waals surface area contributed by atoms with E-state index in [1.165, 1.54) is 0 Å². The number of methoxy groups -OCH3 is 1. The van der Waals surface area contributed by atoms with Crippen molar-refractivity contribution in [2.45, 2.75) is 26.4 Å². The number of hydrogen-bond donors (Lipinski definition) is 0. The van der Waals surface area contributed by atoms with Crippen molar-refractivity contribution in [2.24, 2.45) is 0 Å². The third-order valence-electron chi connectivity index (χ3n) is 7.25. The molecule has 0 fully saturated rings. The quantitative estimate of drug-likeness (QED) is 0.244. The Hall–Kier alpha value is -4.84. The second-order valence-corrected chi connectivity index (χ2v) is 9.78. The lowest BCUT2D eigenvalue weighted by Gasteiger charge is -2.25.